The van der Waals surface area contributed by atoms with Gasteiger partial charge in [-0.25, -0.2) is 0 Å². The summed E-state index contributed by atoms with van der Waals surface area (Å²) in [6.07, 6.45) is 3.11. The first-order chi connectivity index (χ1) is 9.02. The molecule has 1 N–H and O–H groups in total. The van der Waals surface area contributed by atoms with Crippen LogP contribution in [0.4, 0.5) is 0 Å². The molecule has 1 aromatic heterocycles. The number of para-hydroxylation sites is 1. The van der Waals surface area contributed by atoms with E-state index in [9.17, 15) is 0 Å². The molecular weight excluding hydrogens is 234 g/mol. The van der Waals surface area contributed by atoms with Crippen molar-refractivity contribution < 1.29 is 0 Å². The van der Waals surface area contributed by atoms with E-state index in [2.05, 4.69) is 67.1 Å². The minimum absolute atomic E-state index is 0.224. The first-order valence-electron chi connectivity index (χ1n) is 7.16. The number of nitrogens with one attached hydrogen (secondary N) is 1. The topological polar surface area (TPSA) is 29.9 Å². The minimum Gasteiger partial charge on any atom is -0.312 e. The lowest BCUT2D eigenvalue weighted by atomic mass is 9.86. The summed E-state index contributed by atoms with van der Waals surface area (Å²) in [5, 5.41) is 9.40. The van der Waals surface area contributed by atoms with Crippen molar-refractivity contribution in [1.29, 1.82) is 0 Å². The Hall–Kier alpha value is -1.35. The average Bonchev–Trinajstić information content (AvgIpc) is 2.76. The van der Waals surface area contributed by atoms with Crippen molar-refractivity contribution in [2.45, 2.75) is 46.7 Å². The van der Waals surface area contributed by atoms with Crippen molar-refractivity contribution >= 4 is 10.9 Å². The molecule has 0 radical (unpaired) electrons. The Labute approximate surface area is 116 Å². The summed E-state index contributed by atoms with van der Waals surface area (Å²) in [5.41, 5.74) is 1.44. The van der Waals surface area contributed by atoms with Crippen molar-refractivity contribution in [2.24, 2.45) is 5.41 Å². The molecule has 0 saturated carbocycles. The summed E-state index contributed by atoms with van der Waals surface area (Å²) < 4.78 is 2.12. The number of hydrogen-bond donors (Lipinski definition) is 1. The van der Waals surface area contributed by atoms with Gasteiger partial charge in [0.2, 0.25) is 0 Å². The van der Waals surface area contributed by atoms with Crippen LogP contribution in [0, 0.1) is 5.41 Å². The van der Waals surface area contributed by atoms with Crippen molar-refractivity contribution in [2.75, 3.05) is 6.54 Å². The van der Waals surface area contributed by atoms with Crippen LogP contribution >= 0.6 is 0 Å². The van der Waals surface area contributed by atoms with Crippen molar-refractivity contribution in [3.63, 3.8) is 0 Å². The molecule has 0 saturated heterocycles. The van der Waals surface area contributed by atoms with E-state index in [1.54, 1.807) is 0 Å². The van der Waals surface area contributed by atoms with Crippen LogP contribution in [0.2, 0.25) is 0 Å². The maximum absolute atomic E-state index is 4.53. The Kier molecular flexibility index (Phi) is 4.25. The van der Waals surface area contributed by atoms with E-state index in [0.29, 0.717) is 6.04 Å². The zero-order valence-electron chi connectivity index (χ0n) is 12.5. The van der Waals surface area contributed by atoms with E-state index >= 15 is 0 Å². The summed E-state index contributed by atoms with van der Waals surface area (Å²) >= 11 is 0. The largest absolute Gasteiger partial charge is 0.312 e. The fraction of sp³-hybridized carbons (Fsp3) is 0.562. The predicted molar refractivity (Wildman–Crippen MR) is 81.3 cm³/mol. The lowest BCUT2D eigenvalue weighted by Crippen LogP contribution is -2.44. The number of rotatable bonds is 5. The van der Waals surface area contributed by atoms with Crippen LogP contribution in [0.1, 0.15) is 34.1 Å². The van der Waals surface area contributed by atoms with E-state index in [1.807, 2.05) is 6.20 Å². The lowest BCUT2D eigenvalue weighted by Gasteiger charge is -2.31. The van der Waals surface area contributed by atoms with Crippen LogP contribution in [0.5, 0.6) is 0 Å². The molecule has 3 heteroatoms. The molecule has 19 heavy (non-hydrogen) atoms. The van der Waals surface area contributed by atoms with Gasteiger partial charge in [-0.1, -0.05) is 45.9 Å². The van der Waals surface area contributed by atoms with Crippen LogP contribution in [0.25, 0.3) is 10.9 Å². The van der Waals surface area contributed by atoms with Crippen molar-refractivity contribution in [3.8, 4) is 0 Å². The number of benzene rings is 1. The van der Waals surface area contributed by atoms with Gasteiger partial charge in [0, 0.05) is 11.4 Å². The zero-order chi connectivity index (χ0) is 13.9. The highest BCUT2D eigenvalue weighted by atomic mass is 15.3. The van der Waals surface area contributed by atoms with E-state index in [1.165, 1.54) is 10.9 Å². The molecule has 0 fully saturated rings. The van der Waals surface area contributed by atoms with Gasteiger partial charge in [0.15, 0.2) is 0 Å². The molecule has 2 aromatic rings. The maximum Gasteiger partial charge on any atom is 0.0683 e. The van der Waals surface area contributed by atoms with Gasteiger partial charge in [-0.3, -0.25) is 4.68 Å². The molecule has 104 valence electrons. The summed E-state index contributed by atoms with van der Waals surface area (Å²) in [7, 11) is 0. The van der Waals surface area contributed by atoms with Crippen molar-refractivity contribution in [1.82, 2.24) is 15.1 Å². The van der Waals surface area contributed by atoms with E-state index < -0.39 is 0 Å². The fourth-order valence-electron chi connectivity index (χ4n) is 2.31. The molecule has 0 aliphatic carbocycles. The van der Waals surface area contributed by atoms with E-state index in [0.717, 1.165) is 19.5 Å². The second-order valence-electron chi connectivity index (χ2n) is 6.26. The second kappa shape index (κ2) is 5.74. The Balaban J connectivity index is 2.21. The third-order valence-corrected chi connectivity index (χ3v) is 3.59. The lowest BCUT2D eigenvalue weighted by molar-refractivity contribution is 0.238. The highest BCUT2D eigenvalue weighted by molar-refractivity contribution is 5.78. The van der Waals surface area contributed by atoms with Crippen LogP contribution in [-0.2, 0) is 6.54 Å². The Bertz CT molecular complexity index is 522. The molecule has 0 bridgehead atoms. The Morgan fingerprint density at radius 1 is 1.26 bits per heavy atom. The standard InChI is InChI=1S/C16H25N3/c1-5-10-17-15(16(2,3)4)12-19-14-9-7-6-8-13(14)11-18-19/h6-9,11,15,17H,5,10,12H2,1-4H3. The summed E-state index contributed by atoms with van der Waals surface area (Å²) in [6.45, 7) is 11.0. The molecule has 2 rings (SSSR count). The molecule has 0 spiro atoms. The molecule has 1 atom stereocenters. The molecule has 1 unspecified atom stereocenters. The highest BCUT2D eigenvalue weighted by Gasteiger charge is 2.24. The normalized spacial score (nSPS) is 13.9. The summed E-state index contributed by atoms with van der Waals surface area (Å²) in [5.74, 6) is 0. The summed E-state index contributed by atoms with van der Waals surface area (Å²) in [4.78, 5) is 0. The predicted octanol–water partition coefficient (Wildman–Crippen LogP) is 3.45. The minimum atomic E-state index is 0.224. The highest BCUT2D eigenvalue weighted by Crippen LogP contribution is 2.22. The Morgan fingerprint density at radius 3 is 2.68 bits per heavy atom. The number of hydrogen-bond acceptors (Lipinski definition) is 2. The van der Waals surface area contributed by atoms with Gasteiger partial charge in [-0.15, -0.1) is 0 Å². The average molecular weight is 259 g/mol. The van der Waals surface area contributed by atoms with Gasteiger partial charge >= 0.3 is 0 Å². The van der Waals surface area contributed by atoms with Crippen LogP contribution < -0.4 is 5.32 Å². The third kappa shape index (κ3) is 3.35. The van der Waals surface area contributed by atoms with Crippen molar-refractivity contribution in [3.05, 3.63) is 30.5 Å². The smallest absolute Gasteiger partial charge is 0.0683 e. The van der Waals surface area contributed by atoms with Crippen LogP contribution in [0.3, 0.4) is 0 Å². The van der Waals surface area contributed by atoms with Gasteiger partial charge < -0.3 is 5.32 Å². The number of fused-ring (bicyclic) bond motifs is 1. The van der Waals surface area contributed by atoms with Gasteiger partial charge in [-0.05, 0) is 24.4 Å². The molecule has 1 heterocycles. The number of aromatic nitrogens is 2. The first kappa shape index (κ1) is 14.1. The monoisotopic (exact) mass is 259 g/mol. The zero-order valence-corrected chi connectivity index (χ0v) is 12.5. The Morgan fingerprint density at radius 2 is 2.00 bits per heavy atom. The molecule has 0 aliphatic rings. The fourth-order valence-corrected chi connectivity index (χ4v) is 2.31. The molecule has 1 aromatic carbocycles. The third-order valence-electron chi connectivity index (χ3n) is 3.59. The maximum atomic E-state index is 4.53. The first-order valence-corrected chi connectivity index (χ1v) is 7.16. The second-order valence-corrected chi connectivity index (χ2v) is 6.26. The quantitative estimate of drug-likeness (QED) is 0.891. The number of nitrogens with zero attached hydrogens (tertiary/aromatic N) is 2. The van der Waals surface area contributed by atoms with E-state index in [4.69, 9.17) is 0 Å². The molecular formula is C16H25N3. The van der Waals surface area contributed by atoms with Crippen LogP contribution in [0.15, 0.2) is 30.5 Å². The SMILES string of the molecule is CCCNC(Cn1ncc2ccccc21)C(C)(C)C. The van der Waals surface area contributed by atoms with Gasteiger partial charge in [0.05, 0.1) is 18.3 Å². The van der Waals surface area contributed by atoms with Gasteiger partial charge in [0.25, 0.3) is 0 Å². The van der Waals surface area contributed by atoms with Gasteiger partial charge in [-0.2, -0.15) is 5.10 Å². The molecule has 0 amide bonds. The van der Waals surface area contributed by atoms with E-state index in [-0.39, 0.29) is 5.41 Å². The van der Waals surface area contributed by atoms with Gasteiger partial charge in [0.1, 0.15) is 0 Å². The summed E-state index contributed by atoms with van der Waals surface area (Å²) in [6, 6.07) is 8.82. The van der Waals surface area contributed by atoms with Crippen LogP contribution in [-0.4, -0.2) is 22.4 Å². The molecule has 3 nitrogen and oxygen atoms in total. The molecule has 0 aliphatic heterocycles.